The lowest BCUT2D eigenvalue weighted by Gasteiger charge is -2.17. The Hall–Kier alpha value is -2.41. The van der Waals surface area contributed by atoms with Gasteiger partial charge in [-0.25, -0.2) is 9.18 Å². The van der Waals surface area contributed by atoms with E-state index < -0.39 is 11.9 Å². The molecule has 2 N–H and O–H groups in total. The summed E-state index contributed by atoms with van der Waals surface area (Å²) in [5.41, 5.74) is 1.41. The number of carbonyl (C=O) groups excluding carboxylic acids is 2. The van der Waals surface area contributed by atoms with Gasteiger partial charge in [0.15, 0.2) is 5.78 Å². The largest absolute Gasteiger partial charge is 0.336 e. The van der Waals surface area contributed by atoms with Gasteiger partial charge in [0.2, 0.25) is 0 Å². The number of aryl methyl sites for hydroxylation is 1. The van der Waals surface area contributed by atoms with Crippen LogP contribution in [0.3, 0.4) is 0 Å². The van der Waals surface area contributed by atoms with Crippen LogP contribution in [0.1, 0.15) is 30.5 Å². The first-order valence-electron chi connectivity index (χ1n) is 8.03. The molecule has 1 aliphatic rings. The number of Topliss-reactive ketones (excluding diaryl/α,β-unsaturated/α-hetero) is 1. The molecule has 8 heteroatoms. The van der Waals surface area contributed by atoms with E-state index in [0.717, 1.165) is 0 Å². The Labute approximate surface area is 149 Å². The molecule has 1 aromatic carbocycles. The van der Waals surface area contributed by atoms with Crippen LogP contribution >= 0.6 is 11.6 Å². The minimum Gasteiger partial charge on any atom is -0.336 e. The highest BCUT2D eigenvalue weighted by Gasteiger charge is 2.30. The summed E-state index contributed by atoms with van der Waals surface area (Å²) >= 11 is 5.91. The number of aromatic nitrogens is 2. The monoisotopic (exact) mass is 364 g/mol. The van der Waals surface area contributed by atoms with E-state index in [4.69, 9.17) is 11.6 Å². The highest BCUT2D eigenvalue weighted by atomic mass is 35.5. The number of hydrogen-bond donors (Lipinski definition) is 2. The van der Waals surface area contributed by atoms with E-state index in [1.165, 1.54) is 12.1 Å². The molecule has 1 fully saturated rings. The van der Waals surface area contributed by atoms with Gasteiger partial charge in [0.05, 0.1) is 10.7 Å². The quantitative estimate of drug-likeness (QED) is 0.826. The first kappa shape index (κ1) is 17.4. The summed E-state index contributed by atoms with van der Waals surface area (Å²) < 4.78 is 15.3. The first-order valence-corrected chi connectivity index (χ1v) is 8.41. The van der Waals surface area contributed by atoms with Gasteiger partial charge in [-0.3, -0.25) is 9.48 Å². The lowest BCUT2D eigenvalue weighted by Crippen LogP contribution is -2.35. The Morgan fingerprint density at radius 2 is 2.28 bits per heavy atom. The van der Waals surface area contributed by atoms with Crippen molar-refractivity contribution in [3.8, 4) is 0 Å². The number of carbonyl (C=O) groups is 2. The molecule has 1 unspecified atom stereocenters. The molecule has 3 rings (SSSR count). The van der Waals surface area contributed by atoms with Crippen molar-refractivity contribution in [1.82, 2.24) is 20.4 Å². The molecular formula is C17H18ClFN4O2. The standard InChI is InChI=1S/C17H18ClFN4O2/c1-2-23-6-5-14(22-23)11(10-3-4-13(19)12(18)7-10)8-16(24)15-9-20-17(25)21-15/h3-7,11,15H,2,8-9H2,1H3,(H2,20,21,25)/t11?,15-/m0/s1. The maximum Gasteiger partial charge on any atom is 0.315 e. The zero-order valence-electron chi connectivity index (χ0n) is 13.6. The molecule has 0 radical (unpaired) electrons. The van der Waals surface area contributed by atoms with Crippen molar-refractivity contribution in [3.63, 3.8) is 0 Å². The number of benzene rings is 1. The highest BCUT2D eigenvalue weighted by molar-refractivity contribution is 6.30. The molecule has 132 valence electrons. The van der Waals surface area contributed by atoms with E-state index in [9.17, 15) is 14.0 Å². The first-order chi connectivity index (χ1) is 12.0. The van der Waals surface area contributed by atoms with Crippen LogP contribution in [0, 0.1) is 5.82 Å². The number of nitrogens with zero attached hydrogens (tertiary/aromatic N) is 2. The van der Waals surface area contributed by atoms with Crippen molar-refractivity contribution >= 4 is 23.4 Å². The predicted molar refractivity (Wildman–Crippen MR) is 91.1 cm³/mol. The van der Waals surface area contributed by atoms with Crippen molar-refractivity contribution in [2.75, 3.05) is 6.54 Å². The molecule has 0 bridgehead atoms. The smallest absolute Gasteiger partial charge is 0.315 e. The third-order valence-corrected chi connectivity index (χ3v) is 4.54. The highest BCUT2D eigenvalue weighted by Crippen LogP contribution is 2.30. The molecule has 6 nitrogen and oxygen atoms in total. The van der Waals surface area contributed by atoms with Gasteiger partial charge in [-0.15, -0.1) is 0 Å². The Bertz CT molecular complexity index is 808. The minimum atomic E-state index is -0.570. The van der Waals surface area contributed by atoms with Crippen LogP contribution in [-0.4, -0.2) is 34.2 Å². The summed E-state index contributed by atoms with van der Waals surface area (Å²) in [4.78, 5) is 23.8. The lowest BCUT2D eigenvalue weighted by atomic mass is 9.89. The molecule has 2 atom stereocenters. The lowest BCUT2D eigenvalue weighted by molar-refractivity contribution is -0.120. The van der Waals surface area contributed by atoms with Crippen LogP contribution in [-0.2, 0) is 11.3 Å². The van der Waals surface area contributed by atoms with Gasteiger partial charge >= 0.3 is 6.03 Å². The molecule has 0 spiro atoms. The Morgan fingerprint density at radius 1 is 1.48 bits per heavy atom. The van der Waals surface area contributed by atoms with E-state index in [1.807, 2.05) is 19.2 Å². The number of ketones is 1. The third-order valence-electron chi connectivity index (χ3n) is 4.25. The minimum absolute atomic E-state index is 0.000656. The normalized spacial score (nSPS) is 17.9. The second kappa shape index (κ2) is 7.23. The van der Waals surface area contributed by atoms with E-state index >= 15 is 0 Å². The maximum atomic E-state index is 13.5. The fraction of sp³-hybridized carbons (Fsp3) is 0.353. The number of amides is 2. The summed E-state index contributed by atoms with van der Waals surface area (Å²) in [6.45, 7) is 2.93. The summed E-state index contributed by atoms with van der Waals surface area (Å²) in [7, 11) is 0. The average Bonchev–Trinajstić information content (AvgIpc) is 3.24. The van der Waals surface area contributed by atoms with Gasteiger partial charge in [0.1, 0.15) is 11.9 Å². The summed E-state index contributed by atoms with van der Waals surface area (Å²) in [5, 5.41) is 9.64. The van der Waals surface area contributed by atoms with Gasteiger partial charge in [0, 0.05) is 31.6 Å². The van der Waals surface area contributed by atoms with E-state index in [0.29, 0.717) is 17.8 Å². The van der Waals surface area contributed by atoms with Crippen LogP contribution in [0.5, 0.6) is 0 Å². The van der Waals surface area contributed by atoms with E-state index in [1.54, 1.807) is 10.7 Å². The molecule has 2 aromatic rings. The number of hydrogen-bond acceptors (Lipinski definition) is 3. The second-order valence-corrected chi connectivity index (χ2v) is 6.31. The molecule has 1 saturated heterocycles. The molecule has 1 aromatic heterocycles. The predicted octanol–water partition coefficient (Wildman–Crippen LogP) is 2.47. The van der Waals surface area contributed by atoms with Crippen molar-refractivity contribution < 1.29 is 14.0 Å². The Morgan fingerprint density at radius 3 is 2.88 bits per heavy atom. The van der Waals surface area contributed by atoms with Gasteiger partial charge in [-0.05, 0) is 30.7 Å². The van der Waals surface area contributed by atoms with Gasteiger partial charge in [0.25, 0.3) is 0 Å². The van der Waals surface area contributed by atoms with Gasteiger partial charge < -0.3 is 10.6 Å². The van der Waals surface area contributed by atoms with Gasteiger partial charge in [-0.1, -0.05) is 17.7 Å². The maximum absolute atomic E-state index is 13.5. The van der Waals surface area contributed by atoms with Crippen molar-refractivity contribution in [2.24, 2.45) is 0 Å². The number of nitrogens with one attached hydrogen (secondary N) is 2. The summed E-state index contributed by atoms with van der Waals surface area (Å²) in [5.74, 6) is -0.993. The molecule has 0 aliphatic carbocycles. The molecular weight excluding hydrogens is 347 g/mol. The zero-order valence-corrected chi connectivity index (χ0v) is 14.4. The van der Waals surface area contributed by atoms with Crippen LogP contribution in [0.2, 0.25) is 5.02 Å². The van der Waals surface area contributed by atoms with Crippen molar-refractivity contribution in [1.29, 1.82) is 0 Å². The van der Waals surface area contributed by atoms with E-state index in [2.05, 4.69) is 15.7 Å². The van der Waals surface area contributed by atoms with Crippen molar-refractivity contribution in [3.05, 3.63) is 52.6 Å². The SMILES string of the molecule is CCn1ccc(C(CC(=O)[C@@H]2CNC(=O)N2)c2ccc(F)c(Cl)c2)n1. The molecule has 2 heterocycles. The Balaban J connectivity index is 1.89. The summed E-state index contributed by atoms with van der Waals surface area (Å²) in [6.07, 6.45) is 1.96. The molecule has 2 amide bonds. The van der Waals surface area contributed by atoms with E-state index in [-0.39, 0.29) is 35.7 Å². The average molecular weight is 365 g/mol. The van der Waals surface area contributed by atoms with Crippen LogP contribution in [0.4, 0.5) is 9.18 Å². The third kappa shape index (κ3) is 3.82. The molecule has 1 aliphatic heterocycles. The van der Waals surface area contributed by atoms with Crippen LogP contribution in [0.25, 0.3) is 0 Å². The number of rotatable bonds is 6. The number of urea groups is 1. The van der Waals surface area contributed by atoms with Crippen LogP contribution < -0.4 is 10.6 Å². The van der Waals surface area contributed by atoms with Crippen LogP contribution in [0.15, 0.2) is 30.5 Å². The zero-order chi connectivity index (χ0) is 18.0. The fourth-order valence-electron chi connectivity index (χ4n) is 2.85. The molecule has 25 heavy (non-hydrogen) atoms. The number of halogens is 2. The molecule has 0 saturated carbocycles. The van der Waals surface area contributed by atoms with Gasteiger partial charge in [-0.2, -0.15) is 5.10 Å². The van der Waals surface area contributed by atoms with Crippen molar-refractivity contribution in [2.45, 2.75) is 31.8 Å². The summed E-state index contributed by atoms with van der Waals surface area (Å²) in [6, 6.07) is 5.32. The fourth-order valence-corrected chi connectivity index (χ4v) is 3.04. The topological polar surface area (TPSA) is 76.0 Å². The Kier molecular flexibility index (Phi) is 5.03. The second-order valence-electron chi connectivity index (χ2n) is 5.90.